The highest BCUT2D eigenvalue weighted by Gasteiger charge is 2.45. The van der Waals surface area contributed by atoms with Gasteiger partial charge in [-0.15, -0.1) is 13.2 Å². The fourth-order valence-electron chi connectivity index (χ4n) is 3.50. The number of nitrogens with zero attached hydrogens (tertiary/aromatic N) is 2. The van der Waals surface area contributed by atoms with Crippen LogP contribution in [-0.2, 0) is 11.2 Å². The molecule has 0 radical (unpaired) electrons. The molecule has 0 aliphatic heterocycles. The highest BCUT2D eigenvalue weighted by atomic mass is 35.5. The lowest BCUT2D eigenvalue weighted by atomic mass is 10.0. The first-order valence-electron chi connectivity index (χ1n) is 10.9. The SMILES string of the molecule is N#CC1(NC(=O)[C@H](Cc2ccc(OC(F)(F)F)c(Cl)c2)NC(=O)c2cc[n+](-c3ccc(F)cc3)[nH]2)CC1. The van der Waals surface area contributed by atoms with E-state index < -0.39 is 41.3 Å². The maximum atomic E-state index is 13.2. The van der Waals surface area contributed by atoms with Crippen LogP contribution in [0.15, 0.2) is 54.7 Å². The molecule has 13 heteroatoms. The molecular weight excluding hydrogens is 518 g/mol. The van der Waals surface area contributed by atoms with Crippen molar-refractivity contribution in [1.82, 2.24) is 15.7 Å². The molecule has 0 unspecified atom stereocenters. The summed E-state index contributed by atoms with van der Waals surface area (Å²) in [7, 11) is 0. The zero-order valence-electron chi connectivity index (χ0n) is 18.9. The summed E-state index contributed by atoms with van der Waals surface area (Å²) in [6, 6.07) is 11.3. The number of benzene rings is 2. The Labute approximate surface area is 212 Å². The zero-order chi connectivity index (χ0) is 26.8. The van der Waals surface area contributed by atoms with E-state index in [4.69, 9.17) is 11.6 Å². The molecule has 3 N–H and O–H groups in total. The van der Waals surface area contributed by atoms with Crippen molar-refractivity contribution in [3.05, 3.63) is 76.8 Å². The molecule has 1 fully saturated rings. The third-order valence-corrected chi connectivity index (χ3v) is 5.89. The molecule has 1 heterocycles. The Morgan fingerprint density at radius 2 is 1.89 bits per heavy atom. The molecule has 2 aromatic carbocycles. The molecular formula is C24H19ClF4N5O3+. The molecule has 1 atom stereocenters. The van der Waals surface area contributed by atoms with Gasteiger partial charge in [0.1, 0.15) is 23.1 Å². The predicted molar refractivity (Wildman–Crippen MR) is 121 cm³/mol. The summed E-state index contributed by atoms with van der Waals surface area (Å²) < 4.78 is 56.1. The predicted octanol–water partition coefficient (Wildman–Crippen LogP) is 3.50. The minimum Gasteiger partial charge on any atom is -0.404 e. The number of nitrogens with one attached hydrogen (secondary N) is 3. The Morgan fingerprint density at radius 1 is 1.19 bits per heavy atom. The smallest absolute Gasteiger partial charge is 0.404 e. The summed E-state index contributed by atoms with van der Waals surface area (Å²) in [5.74, 6) is -2.34. The average Bonchev–Trinajstić information content (AvgIpc) is 3.43. The average molecular weight is 537 g/mol. The van der Waals surface area contributed by atoms with Crippen LogP contribution < -0.4 is 20.1 Å². The number of ether oxygens (including phenoxy) is 1. The van der Waals surface area contributed by atoms with E-state index in [0.717, 1.165) is 6.07 Å². The number of rotatable bonds is 8. The number of amides is 2. The molecule has 37 heavy (non-hydrogen) atoms. The number of nitriles is 1. The van der Waals surface area contributed by atoms with Crippen LogP contribution in [-0.4, -0.2) is 34.9 Å². The molecule has 192 valence electrons. The zero-order valence-corrected chi connectivity index (χ0v) is 19.7. The highest BCUT2D eigenvalue weighted by Crippen LogP contribution is 2.34. The summed E-state index contributed by atoms with van der Waals surface area (Å²) in [6.07, 6.45) is -2.62. The van der Waals surface area contributed by atoms with Gasteiger partial charge in [0.05, 0.1) is 11.1 Å². The fourth-order valence-corrected chi connectivity index (χ4v) is 3.75. The van der Waals surface area contributed by atoms with E-state index in [2.05, 4.69) is 20.5 Å². The lowest BCUT2D eigenvalue weighted by molar-refractivity contribution is -0.655. The molecule has 2 amide bonds. The minimum atomic E-state index is -4.93. The Hall–Kier alpha value is -4.11. The van der Waals surface area contributed by atoms with Crippen molar-refractivity contribution in [2.24, 2.45) is 0 Å². The van der Waals surface area contributed by atoms with Crippen molar-refractivity contribution in [3.63, 3.8) is 0 Å². The van der Waals surface area contributed by atoms with Crippen molar-refractivity contribution < 1.29 is 36.6 Å². The first-order valence-corrected chi connectivity index (χ1v) is 11.3. The topological polar surface area (TPSA) is 111 Å². The van der Waals surface area contributed by atoms with Crippen molar-refractivity contribution in [2.45, 2.75) is 37.2 Å². The van der Waals surface area contributed by atoms with Crippen LogP contribution in [0.2, 0.25) is 5.02 Å². The third-order valence-electron chi connectivity index (χ3n) is 5.59. The van der Waals surface area contributed by atoms with Crippen molar-refractivity contribution >= 4 is 23.4 Å². The number of hydrogen-bond donors (Lipinski definition) is 3. The number of carbonyl (C=O) groups excluding carboxylic acids is 2. The number of H-pyrrole nitrogens is 1. The van der Waals surface area contributed by atoms with E-state index in [0.29, 0.717) is 24.1 Å². The maximum Gasteiger partial charge on any atom is 0.573 e. The van der Waals surface area contributed by atoms with Gasteiger partial charge in [-0.05, 0) is 42.7 Å². The molecule has 3 aromatic rings. The maximum absolute atomic E-state index is 13.2. The van der Waals surface area contributed by atoms with Crippen molar-refractivity contribution in [3.8, 4) is 17.5 Å². The molecule has 4 rings (SSSR count). The monoisotopic (exact) mass is 536 g/mol. The fraction of sp³-hybridized carbons (Fsp3) is 0.250. The number of hydrogen-bond acceptors (Lipinski definition) is 4. The van der Waals surface area contributed by atoms with Crippen LogP contribution >= 0.6 is 11.6 Å². The summed E-state index contributed by atoms with van der Waals surface area (Å²) in [4.78, 5) is 25.9. The molecule has 0 spiro atoms. The molecule has 8 nitrogen and oxygen atoms in total. The van der Waals surface area contributed by atoms with E-state index in [1.807, 2.05) is 6.07 Å². The van der Waals surface area contributed by atoms with Gasteiger partial charge in [0.2, 0.25) is 17.8 Å². The Kier molecular flexibility index (Phi) is 7.09. The van der Waals surface area contributed by atoms with Crippen LogP contribution in [0.5, 0.6) is 5.75 Å². The second-order valence-corrected chi connectivity index (χ2v) is 8.82. The Bertz CT molecular complexity index is 1360. The Balaban J connectivity index is 1.53. The van der Waals surface area contributed by atoms with E-state index in [1.54, 1.807) is 0 Å². The normalized spacial score (nSPS) is 14.8. The number of aromatic nitrogens is 2. The molecule has 0 saturated heterocycles. The Morgan fingerprint density at radius 3 is 2.49 bits per heavy atom. The van der Waals surface area contributed by atoms with E-state index in [9.17, 15) is 32.4 Å². The number of aromatic amines is 1. The molecule has 1 saturated carbocycles. The summed E-state index contributed by atoms with van der Waals surface area (Å²) >= 11 is 5.92. The van der Waals surface area contributed by atoms with Gasteiger partial charge < -0.3 is 15.4 Å². The van der Waals surface area contributed by atoms with E-state index in [1.165, 1.54) is 53.3 Å². The van der Waals surface area contributed by atoms with E-state index >= 15 is 0 Å². The van der Waals surface area contributed by atoms with Gasteiger partial charge in [-0.2, -0.15) is 10.4 Å². The number of alkyl halides is 3. The molecule has 1 aliphatic rings. The third kappa shape index (κ3) is 6.56. The molecule has 1 aromatic heterocycles. The van der Waals surface area contributed by atoms with Crippen LogP contribution in [0.25, 0.3) is 5.69 Å². The van der Waals surface area contributed by atoms with Crippen LogP contribution in [0, 0.1) is 17.1 Å². The van der Waals surface area contributed by atoms with Gasteiger partial charge in [0.15, 0.2) is 5.69 Å². The van der Waals surface area contributed by atoms with Gasteiger partial charge >= 0.3 is 6.36 Å². The summed E-state index contributed by atoms with van der Waals surface area (Å²) in [5.41, 5.74) is -0.0412. The van der Waals surface area contributed by atoms with Crippen LogP contribution in [0.1, 0.15) is 28.9 Å². The molecule has 1 aliphatic carbocycles. The summed E-state index contributed by atoms with van der Waals surface area (Å²) in [5, 5.41) is 17.0. The quantitative estimate of drug-likeness (QED) is 0.302. The van der Waals surface area contributed by atoms with Crippen LogP contribution in [0.4, 0.5) is 17.6 Å². The lowest BCUT2D eigenvalue weighted by Crippen LogP contribution is -2.51. The van der Waals surface area contributed by atoms with Gasteiger partial charge in [0, 0.05) is 24.6 Å². The van der Waals surface area contributed by atoms with Gasteiger partial charge in [0.25, 0.3) is 5.91 Å². The minimum absolute atomic E-state index is 0.0792. The first kappa shape index (κ1) is 26.0. The second kappa shape index (κ2) is 10.1. The molecule has 0 bridgehead atoms. The standard InChI is InChI=1S/C24H18ClF4N5O3/c25-17-11-14(1-6-20(17)37-24(27,28)29)12-19(22(36)32-23(13-30)8-9-23)31-21(35)18-7-10-34(33-18)16-4-2-15(26)3-5-16/h1-7,10-11,19H,8-9,12H2,(H2,31,32,35,36)/p+1/t19-/m0/s1. The van der Waals surface area contributed by atoms with Crippen molar-refractivity contribution in [2.75, 3.05) is 0 Å². The first-order chi connectivity index (χ1) is 17.5. The van der Waals surface area contributed by atoms with E-state index in [-0.39, 0.29) is 17.1 Å². The second-order valence-electron chi connectivity index (χ2n) is 8.41. The largest absolute Gasteiger partial charge is 0.573 e. The van der Waals surface area contributed by atoms with Gasteiger partial charge in [-0.1, -0.05) is 22.3 Å². The number of halogens is 5. The van der Waals surface area contributed by atoms with Crippen molar-refractivity contribution in [1.29, 1.82) is 5.26 Å². The van der Waals surface area contributed by atoms with Gasteiger partial charge in [-0.25, -0.2) is 4.39 Å². The lowest BCUT2D eigenvalue weighted by Gasteiger charge is -2.20. The highest BCUT2D eigenvalue weighted by molar-refractivity contribution is 6.32. The van der Waals surface area contributed by atoms with Crippen LogP contribution in [0.3, 0.4) is 0 Å². The number of carbonyl (C=O) groups is 2. The van der Waals surface area contributed by atoms with Gasteiger partial charge in [-0.3, -0.25) is 9.59 Å². The summed E-state index contributed by atoms with van der Waals surface area (Å²) in [6.45, 7) is 0.